The third kappa shape index (κ3) is 3.32. The van der Waals surface area contributed by atoms with Crippen LogP contribution < -0.4 is 0 Å². The largest absolute Gasteiger partial charge is 0.336 e. The Bertz CT molecular complexity index is 614. The lowest BCUT2D eigenvalue weighted by Gasteiger charge is -2.25. The van der Waals surface area contributed by atoms with Crippen molar-refractivity contribution in [2.75, 3.05) is 6.54 Å². The minimum Gasteiger partial charge on any atom is -0.336 e. The molecule has 2 heterocycles. The number of hydrogen-bond acceptors (Lipinski definition) is 3. The molecule has 0 saturated carbocycles. The minimum atomic E-state index is 0.188. The molecule has 1 aromatic carbocycles. The van der Waals surface area contributed by atoms with Gasteiger partial charge in [0.25, 0.3) is 0 Å². The lowest BCUT2D eigenvalue weighted by atomic mass is 10.0. The SMILES string of the molecule is O=C(CCn1cncn1)N1CCCC1c1cccc(Br)c1. The summed E-state index contributed by atoms with van der Waals surface area (Å²) in [6.45, 7) is 1.42. The van der Waals surface area contributed by atoms with Crippen LogP contribution in [0, 0.1) is 0 Å². The highest BCUT2D eigenvalue weighted by Gasteiger charge is 2.29. The highest BCUT2D eigenvalue weighted by atomic mass is 79.9. The topological polar surface area (TPSA) is 51.0 Å². The maximum absolute atomic E-state index is 12.5. The zero-order valence-corrected chi connectivity index (χ0v) is 13.2. The van der Waals surface area contributed by atoms with E-state index in [1.165, 1.54) is 11.9 Å². The second-order valence-electron chi connectivity index (χ2n) is 5.21. The molecule has 3 rings (SSSR count). The van der Waals surface area contributed by atoms with Gasteiger partial charge >= 0.3 is 0 Å². The van der Waals surface area contributed by atoms with Gasteiger partial charge in [0, 0.05) is 17.4 Å². The zero-order chi connectivity index (χ0) is 14.7. The minimum absolute atomic E-state index is 0.188. The van der Waals surface area contributed by atoms with E-state index in [9.17, 15) is 4.79 Å². The van der Waals surface area contributed by atoms with Gasteiger partial charge in [0.05, 0.1) is 12.6 Å². The van der Waals surface area contributed by atoms with Crippen molar-refractivity contribution in [1.82, 2.24) is 19.7 Å². The third-order valence-corrected chi connectivity index (χ3v) is 4.32. The molecule has 1 amide bonds. The maximum Gasteiger partial charge on any atom is 0.224 e. The van der Waals surface area contributed by atoms with Crippen LogP contribution in [-0.4, -0.2) is 32.1 Å². The average Bonchev–Trinajstić information content (AvgIpc) is 3.16. The average molecular weight is 349 g/mol. The molecule has 1 aromatic heterocycles. The summed E-state index contributed by atoms with van der Waals surface area (Å²) in [5, 5.41) is 4.03. The van der Waals surface area contributed by atoms with Gasteiger partial charge in [-0.25, -0.2) is 4.98 Å². The molecule has 1 atom stereocenters. The molecule has 6 heteroatoms. The van der Waals surface area contributed by atoms with Crippen molar-refractivity contribution < 1.29 is 4.79 Å². The quantitative estimate of drug-likeness (QED) is 0.853. The molecule has 0 spiro atoms. The van der Waals surface area contributed by atoms with Gasteiger partial charge < -0.3 is 4.90 Å². The number of aryl methyl sites for hydroxylation is 1. The first-order valence-corrected chi connectivity index (χ1v) is 7.91. The number of carbonyl (C=O) groups is 1. The van der Waals surface area contributed by atoms with Crippen LogP contribution in [0.25, 0.3) is 0 Å². The molecule has 5 nitrogen and oxygen atoms in total. The molecule has 21 heavy (non-hydrogen) atoms. The molecule has 1 unspecified atom stereocenters. The molecule has 1 saturated heterocycles. The number of aromatic nitrogens is 3. The summed E-state index contributed by atoms with van der Waals surface area (Å²) in [6, 6.07) is 8.43. The second kappa shape index (κ2) is 6.39. The Kier molecular flexibility index (Phi) is 4.34. The van der Waals surface area contributed by atoms with E-state index in [4.69, 9.17) is 0 Å². The van der Waals surface area contributed by atoms with Crippen LogP contribution in [0.5, 0.6) is 0 Å². The lowest BCUT2D eigenvalue weighted by molar-refractivity contribution is -0.132. The number of benzene rings is 1. The zero-order valence-electron chi connectivity index (χ0n) is 11.7. The summed E-state index contributed by atoms with van der Waals surface area (Å²) >= 11 is 3.50. The molecule has 0 N–H and O–H groups in total. The molecule has 0 aliphatic carbocycles. The van der Waals surface area contributed by atoms with E-state index in [1.54, 1.807) is 11.0 Å². The number of carbonyl (C=O) groups excluding carboxylic acids is 1. The molecule has 2 aromatic rings. The summed E-state index contributed by atoms with van der Waals surface area (Å²) in [5.74, 6) is 0.188. The Labute approximate surface area is 132 Å². The Balaban J connectivity index is 1.67. The van der Waals surface area contributed by atoms with Crippen LogP contribution in [0.2, 0.25) is 0 Å². The molecule has 110 valence electrons. The molecule has 0 bridgehead atoms. The van der Waals surface area contributed by atoms with E-state index in [1.807, 2.05) is 17.0 Å². The fourth-order valence-corrected chi connectivity index (χ4v) is 3.24. The Morgan fingerprint density at radius 2 is 2.33 bits per heavy atom. The van der Waals surface area contributed by atoms with Gasteiger partial charge in [-0.3, -0.25) is 9.48 Å². The number of hydrogen-bond donors (Lipinski definition) is 0. The van der Waals surface area contributed by atoms with E-state index in [0.29, 0.717) is 13.0 Å². The Morgan fingerprint density at radius 3 is 3.10 bits per heavy atom. The fourth-order valence-electron chi connectivity index (χ4n) is 2.83. The van der Waals surface area contributed by atoms with Crippen molar-refractivity contribution in [2.24, 2.45) is 0 Å². The van der Waals surface area contributed by atoms with Crippen LogP contribution in [0.4, 0.5) is 0 Å². The van der Waals surface area contributed by atoms with Crippen molar-refractivity contribution in [3.8, 4) is 0 Å². The third-order valence-electron chi connectivity index (χ3n) is 3.83. The van der Waals surface area contributed by atoms with Crippen LogP contribution in [-0.2, 0) is 11.3 Å². The van der Waals surface area contributed by atoms with Crippen LogP contribution in [0.1, 0.15) is 30.9 Å². The summed E-state index contributed by atoms with van der Waals surface area (Å²) in [4.78, 5) is 18.4. The Hall–Kier alpha value is -1.69. The van der Waals surface area contributed by atoms with Gasteiger partial charge in [-0.1, -0.05) is 28.1 Å². The van der Waals surface area contributed by atoms with Crippen molar-refractivity contribution >= 4 is 21.8 Å². The lowest BCUT2D eigenvalue weighted by Crippen LogP contribution is -2.31. The monoisotopic (exact) mass is 348 g/mol. The van der Waals surface area contributed by atoms with Crippen LogP contribution in [0.3, 0.4) is 0 Å². The highest BCUT2D eigenvalue weighted by Crippen LogP contribution is 2.33. The van der Waals surface area contributed by atoms with Crippen LogP contribution in [0.15, 0.2) is 41.4 Å². The van der Waals surface area contributed by atoms with Crippen molar-refractivity contribution in [3.05, 3.63) is 47.0 Å². The van der Waals surface area contributed by atoms with Gasteiger partial charge in [-0.15, -0.1) is 0 Å². The van der Waals surface area contributed by atoms with E-state index in [2.05, 4.69) is 38.1 Å². The first-order chi connectivity index (χ1) is 10.2. The van der Waals surface area contributed by atoms with Crippen molar-refractivity contribution in [2.45, 2.75) is 31.8 Å². The maximum atomic E-state index is 12.5. The number of halogens is 1. The summed E-state index contributed by atoms with van der Waals surface area (Å²) in [5.41, 5.74) is 1.20. The normalized spacial score (nSPS) is 18.1. The van der Waals surface area contributed by atoms with E-state index in [0.717, 1.165) is 23.9 Å². The van der Waals surface area contributed by atoms with Gasteiger partial charge in [0.2, 0.25) is 5.91 Å². The predicted molar refractivity (Wildman–Crippen MR) is 82.5 cm³/mol. The predicted octanol–water partition coefficient (Wildman–Crippen LogP) is 2.79. The number of nitrogens with zero attached hydrogens (tertiary/aromatic N) is 4. The van der Waals surface area contributed by atoms with Crippen molar-refractivity contribution in [1.29, 1.82) is 0 Å². The molecule has 0 radical (unpaired) electrons. The molecule has 1 fully saturated rings. The van der Waals surface area contributed by atoms with E-state index < -0.39 is 0 Å². The highest BCUT2D eigenvalue weighted by molar-refractivity contribution is 9.10. The van der Waals surface area contributed by atoms with Gasteiger partial charge in [0.15, 0.2) is 0 Å². The summed E-state index contributed by atoms with van der Waals surface area (Å²) in [7, 11) is 0. The summed E-state index contributed by atoms with van der Waals surface area (Å²) in [6.07, 6.45) is 5.69. The first kappa shape index (κ1) is 14.3. The van der Waals surface area contributed by atoms with Gasteiger partial charge in [-0.05, 0) is 30.5 Å². The van der Waals surface area contributed by atoms with E-state index in [-0.39, 0.29) is 11.9 Å². The van der Waals surface area contributed by atoms with E-state index >= 15 is 0 Å². The molecule has 1 aliphatic rings. The number of amides is 1. The molecular weight excluding hydrogens is 332 g/mol. The Morgan fingerprint density at radius 1 is 1.43 bits per heavy atom. The first-order valence-electron chi connectivity index (χ1n) is 7.11. The molecule has 1 aliphatic heterocycles. The number of rotatable bonds is 4. The smallest absolute Gasteiger partial charge is 0.224 e. The second-order valence-corrected chi connectivity index (χ2v) is 6.12. The molecular formula is C15H17BrN4O. The fraction of sp³-hybridized carbons (Fsp3) is 0.400. The number of likely N-dealkylation sites (tertiary alicyclic amines) is 1. The summed E-state index contributed by atoms with van der Waals surface area (Å²) < 4.78 is 2.75. The van der Waals surface area contributed by atoms with Crippen LogP contribution >= 0.6 is 15.9 Å². The standard InChI is InChI=1S/C15H17BrN4O/c16-13-4-1-3-12(9-13)14-5-2-7-20(14)15(21)6-8-19-11-17-10-18-19/h1,3-4,9-11,14H,2,5-8H2. The van der Waals surface area contributed by atoms with Crippen molar-refractivity contribution in [3.63, 3.8) is 0 Å². The van der Waals surface area contributed by atoms with Gasteiger partial charge in [-0.2, -0.15) is 5.10 Å². The van der Waals surface area contributed by atoms with Gasteiger partial charge in [0.1, 0.15) is 12.7 Å².